The van der Waals surface area contributed by atoms with Gasteiger partial charge in [-0.3, -0.25) is 14.9 Å². The van der Waals surface area contributed by atoms with Crippen LogP contribution in [0.5, 0.6) is 0 Å². The fraction of sp³-hybridized carbons (Fsp3) is 0.111. The molecule has 5 heteroatoms. The molecule has 2 amide bonds. The number of rotatable bonds is 5. The van der Waals surface area contributed by atoms with E-state index in [2.05, 4.69) is 29.6 Å². The number of hydrogen-bond donors (Lipinski definition) is 1. The lowest BCUT2D eigenvalue weighted by Crippen LogP contribution is -2.17. The predicted octanol–water partition coefficient (Wildman–Crippen LogP) is 4.35. The Balaban J connectivity index is 1.56. The molecule has 116 valence electrons. The monoisotopic (exact) mass is 341 g/mol. The maximum Gasteiger partial charge on any atom is 0.290 e. The number of carbonyl (C=O) groups is 2. The summed E-state index contributed by atoms with van der Waals surface area (Å²) < 4.78 is 0. The third-order valence-electron chi connectivity index (χ3n) is 3.32. The third-order valence-corrected chi connectivity index (χ3v) is 5.15. The summed E-state index contributed by atoms with van der Waals surface area (Å²) in [6, 6.07) is 18.4. The molecule has 0 unspecified atom stereocenters. The van der Waals surface area contributed by atoms with Gasteiger partial charge in [-0.25, -0.2) is 0 Å². The van der Waals surface area contributed by atoms with Crippen LogP contribution in [0, 0.1) is 0 Å². The van der Waals surface area contributed by atoms with Crippen LogP contribution in [0.3, 0.4) is 0 Å². The van der Waals surface area contributed by atoms with E-state index in [1.165, 1.54) is 10.5 Å². The molecule has 0 aromatic heterocycles. The number of aryl methyl sites for hydroxylation is 1. The highest BCUT2D eigenvalue weighted by atomic mass is 32.2. The smallest absolute Gasteiger partial charge is 0.282 e. The summed E-state index contributed by atoms with van der Waals surface area (Å²) in [7, 11) is 0. The molecule has 3 rings (SSSR count). The first-order chi connectivity index (χ1) is 11.2. The maximum atomic E-state index is 11.5. The summed E-state index contributed by atoms with van der Waals surface area (Å²) in [6.07, 6.45) is 2.78. The van der Waals surface area contributed by atoms with Gasteiger partial charge < -0.3 is 0 Å². The topological polar surface area (TPSA) is 46.2 Å². The first-order valence-electron chi connectivity index (χ1n) is 7.22. The Labute approximate surface area is 143 Å². The lowest BCUT2D eigenvalue weighted by molar-refractivity contribution is -0.115. The van der Waals surface area contributed by atoms with Gasteiger partial charge in [0.25, 0.3) is 11.1 Å². The molecule has 1 aliphatic heterocycles. The van der Waals surface area contributed by atoms with Crippen molar-refractivity contribution in [3.63, 3.8) is 0 Å². The Morgan fingerprint density at radius 1 is 1.00 bits per heavy atom. The predicted molar refractivity (Wildman–Crippen MR) is 96.4 cm³/mol. The van der Waals surface area contributed by atoms with Crippen LogP contribution in [0.4, 0.5) is 4.79 Å². The molecule has 1 saturated heterocycles. The van der Waals surface area contributed by atoms with E-state index in [1.54, 1.807) is 6.08 Å². The Morgan fingerprint density at radius 3 is 2.39 bits per heavy atom. The molecular formula is C18H15NO2S2. The highest BCUT2D eigenvalue weighted by Crippen LogP contribution is 2.26. The molecule has 0 bridgehead atoms. The van der Waals surface area contributed by atoms with E-state index in [0.717, 1.165) is 29.5 Å². The molecule has 0 atom stereocenters. The van der Waals surface area contributed by atoms with Crippen molar-refractivity contribution >= 4 is 40.7 Å². The zero-order valence-corrected chi connectivity index (χ0v) is 14.0. The van der Waals surface area contributed by atoms with Crippen molar-refractivity contribution < 1.29 is 9.59 Å². The molecule has 23 heavy (non-hydrogen) atoms. The van der Waals surface area contributed by atoms with Crippen molar-refractivity contribution in [1.82, 2.24) is 5.32 Å². The molecule has 2 aromatic rings. The molecule has 0 aliphatic carbocycles. The van der Waals surface area contributed by atoms with Crippen molar-refractivity contribution in [1.29, 1.82) is 0 Å². The second-order valence-electron chi connectivity index (χ2n) is 5.01. The molecule has 1 heterocycles. The Hall–Kier alpha value is -1.98. The maximum absolute atomic E-state index is 11.5. The fourth-order valence-corrected chi connectivity index (χ4v) is 3.75. The molecule has 1 fully saturated rings. The second-order valence-corrected chi connectivity index (χ2v) is 7.19. The Morgan fingerprint density at radius 2 is 1.74 bits per heavy atom. The second kappa shape index (κ2) is 7.53. The molecule has 0 radical (unpaired) electrons. The van der Waals surface area contributed by atoms with Gasteiger partial charge in [-0.05, 0) is 47.5 Å². The highest BCUT2D eigenvalue weighted by Gasteiger charge is 2.24. The van der Waals surface area contributed by atoms with Gasteiger partial charge in [0.15, 0.2) is 0 Å². The van der Waals surface area contributed by atoms with Gasteiger partial charge in [-0.2, -0.15) is 0 Å². The third kappa shape index (κ3) is 4.50. The average Bonchev–Trinajstić information content (AvgIpc) is 2.88. The number of imide groups is 1. The quantitative estimate of drug-likeness (QED) is 0.649. The van der Waals surface area contributed by atoms with Crippen molar-refractivity contribution in [2.75, 3.05) is 5.75 Å². The van der Waals surface area contributed by atoms with Crippen LogP contribution in [0.25, 0.3) is 6.08 Å². The first kappa shape index (κ1) is 15.9. The van der Waals surface area contributed by atoms with Crippen LogP contribution in [0.2, 0.25) is 0 Å². The lowest BCUT2D eigenvalue weighted by atomic mass is 10.2. The minimum Gasteiger partial charge on any atom is -0.282 e. The summed E-state index contributed by atoms with van der Waals surface area (Å²) in [6.45, 7) is 0. The zero-order chi connectivity index (χ0) is 16.1. The standard InChI is InChI=1S/C18H15NO2S2/c20-17-16(23-18(21)19-17)12-14-6-8-15(9-7-14)22-11-10-13-4-2-1-3-5-13/h1-9,12H,10-11H2,(H,19,20,21)/b16-12-. The average molecular weight is 341 g/mol. The molecule has 3 nitrogen and oxygen atoms in total. The summed E-state index contributed by atoms with van der Waals surface area (Å²) in [5.41, 5.74) is 2.26. The van der Waals surface area contributed by atoms with E-state index in [1.807, 2.05) is 42.1 Å². The van der Waals surface area contributed by atoms with Crippen LogP contribution in [-0.2, 0) is 11.2 Å². The van der Waals surface area contributed by atoms with Gasteiger partial charge >= 0.3 is 0 Å². The molecule has 0 spiro atoms. The summed E-state index contributed by atoms with van der Waals surface area (Å²) in [4.78, 5) is 24.3. The van der Waals surface area contributed by atoms with Gasteiger partial charge in [0, 0.05) is 10.6 Å². The van der Waals surface area contributed by atoms with Gasteiger partial charge in [-0.1, -0.05) is 42.5 Å². The van der Waals surface area contributed by atoms with E-state index < -0.39 is 0 Å². The van der Waals surface area contributed by atoms with Crippen molar-refractivity contribution in [2.45, 2.75) is 11.3 Å². The molecular weight excluding hydrogens is 326 g/mol. The van der Waals surface area contributed by atoms with Crippen LogP contribution in [0.1, 0.15) is 11.1 Å². The normalized spacial score (nSPS) is 15.9. The molecule has 2 aromatic carbocycles. The Kier molecular flexibility index (Phi) is 5.20. The minimum absolute atomic E-state index is 0.311. The van der Waals surface area contributed by atoms with Gasteiger partial charge in [0.05, 0.1) is 4.91 Å². The number of carbonyl (C=O) groups excluding carboxylic acids is 2. The van der Waals surface area contributed by atoms with Crippen LogP contribution in [0.15, 0.2) is 64.4 Å². The first-order valence-corrected chi connectivity index (χ1v) is 9.02. The van der Waals surface area contributed by atoms with Crippen LogP contribution < -0.4 is 5.32 Å². The fourth-order valence-electron chi connectivity index (χ4n) is 2.16. The zero-order valence-electron chi connectivity index (χ0n) is 12.3. The van der Waals surface area contributed by atoms with Crippen molar-refractivity contribution in [3.05, 3.63) is 70.6 Å². The van der Waals surface area contributed by atoms with E-state index in [-0.39, 0.29) is 11.1 Å². The van der Waals surface area contributed by atoms with Crippen LogP contribution in [-0.4, -0.2) is 16.9 Å². The van der Waals surface area contributed by atoms with Crippen molar-refractivity contribution in [2.24, 2.45) is 0 Å². The summed E-state index contributed by atoms with van der Waals surface area (Å²) >= 11 is 2.75. The number of thioether (sulfide) groups is 2. The van der Waals surface area contributed by atoms with Crippen LogP contribution >= 0.6 is 23.5 Å². The van der Waals surface area contributed by atoms with Gasteiger partial charge in [-0.15, -0.1) is 11.8 Å². The SMILES string of the molecule is O=C1NC(=O)/C(=C/c2ccc(SCCc3ccccc3)cc2)S1. The van der Waals surface area contributed by atoms with Gasteiger partial charge in [0.2, 0.25) is 0 Å². The number of nitrogens with one attached hydrogen (secondary N) is 1. The highest BCUT2D eigenvalue weighted by molar-refractivity contribution is 8.18. The minimum atomic E-state index is -0.318. The van der Waals surface area contributed by atoms with E-state index in [9.17, 15) is 9.59 Å². The number of hydrogen-bond acceptors (Lipinski definition) is 4. The Bertz CT molecular complexity index is 739. The molecule has 1 aliphatic rings. The summed E-state index contributed by atoms with van der Waals surface area (Å²) in [5.74, 6) is 0.707. The van der Waals surface area contributed by atoms with Crippen molar-refractivity contribution in [3.8, 4) is 0 Å². The number of benzene rings is 2. The summed E-state index contributed by atoms with van der Waals surface area (Å²) in [5, 5.41) is 1.94. The molecule has 0 saturated carbocycles. The van der Waals surface area contributed by atoms with E-state index >= 15 is 0 Å². The molecule has 1 N–H and O–H groups in total. The largest absolute Gasteiger partial charge is 0.290 e. The lowest BCUT2D eigenvalue weighted by Gasteiger charge is -2.03. The van der Waals surface area contributed by atoms with Gasteiger partial charge in [0.1, 0.15) is 0 Å². The van der Waals surface area contributed by atoms with E-state index in [0.29, 0.717) is 4.91 Å². The number of amides is 2. The van der Waals surface area contributed by atoms with E-state index in [4.69, 9.17) is 0 Å².